The third-order valence-corrected chi connectivity index (χ3v) is 6.09. The summed E-state index contributed by atoms with van der Waals surface area (Å²) >= 11 is 1.66. The Kier molecular flexibility index (Phi) is 6.84. The van der Waals surface area contributed by atoms with E-state index in [1.54, 1.807) is 25.6 Å². The second kappa shape index (κ2) is 9.93. The molecule has 0 N–H and O–H groups in total. The molecule has 2 heterocycles. The second-order valence-corrected chi connectivity index (χ2v) is 7.88. The summed E-state index contributed by atoms with van der Waals surface area (Å²) in [7, 11) is 3.36. The van der Waals surface area contributed by atoms with Gasteiger partial charge in [-0.3, -0.25) is 4.90 Å². The number of hydrogen-bond acceptors (Lipinski definition) is 6. The lowest BCUT2D eigenvalue weighted by Crippen LogP contribution is -2.39. The monoisotopic (exact) mass is 425 g/mol. The molecule has 7 heteroatoms. The Morgan fingerprint density at radius 2 is 1.53 bits per heavy atom. The van der Waals surface area contributed by atoms with Gasteiger partial charge in [0.1, 0.15) is 11.5 Å². The van der Waals surface area contributed by atoms with Gasteiger partial charge in [0.25, 0.3) is 0 Å². The first-order chi connectivity index (χ1) is 14.8. The van der Waals surface area contributed by atoms with E-state index in [0.29, 0.717) is 0 Å². The van der Waals surface area contributed by atoms with E-state index in [0.717, 1.165) is 66.9 Å². The second-order valence-electron chi connectivity index (χ2n) is 7.05. The van der Waals surface area contributed by atoms with E-state index in [1.165, 1.54) is 5.69 Å². The third kappa shape index (κ3) is 4.92. The summed E-state index contributed by atoms with van der Waals surface area (Å²) in [6.45, 7) is 5.42. The van der Waals surface area contributed by atoms with Gasteiger partial charge in [-0.25, -0.2) is 4.99 Å². The smallest absolute Gasteiger partial charge is 0.190 e. The summed E-state index contributed by atoms with van der Waals surface area (Å²) in [5, 5.41) is 2.18. The molecule has 1 aromatic heterocycles. The first-order valence-corrected chi connectivity index (χ1v) is 11.0. The SMILES string of the molecule is COc1ccc(N=c2scc(-c3ccc(OC)cc3)n2CCN2CCOCC2)cc1. The zero-order valence-corrected chi connectivity index (χ0v) is 18.2. The summed E-state index contributed by atoms with van der Waals surface area (Å²) in [4.78, 5) is 8.35. The Labute approximate surface area is 181 Å². The van der Waals surface area contributed by atoms with Crippen molar-refractivity contribution in [1.29, 1.82) is 0 Å². The summed E-state index contributed by atoms with van der Waals surface area (Å²) in [5.74, 6) is 1.69. The van der Waals surface area contributed by atoms with Gasteiger partial charge in [-0.05, 0) is 54.1 Å². The molecule has 3 aromatic rings. The van der Waals surface area contributed by atoms with Gasteiger partial charge in [-0.2, -0.15) is 0 Å². The zero-order valence-electron chi connectivity index (χ0n) is 17.4. The molecule has 0 unspecified atom stereocenters. The molecule has 0 amide bonds. The van der Waals surface area contributed by atoms with Crippen molar-refractivity contribution in [3.8, 4) is 22.8 Å². The van der Waals surface area contributed by atoms with Crippen molar-refractivity contribution in [2.45, 2.75) is 6.54 Å². The van der Waals surface area contributed by atoms with Crippen molar-refractivity contribution < 1.29 is 14.2 Å². The highest BCUT2D eigenvalue weighted by Gasteiger charge is 2.13. The average Bonchev–Trinajstić information content (AvgIpc) is 3.21. The Balaban J connectivity index is 1.67. The average molecular weight is 426 g/mol. The van der Waals surface area contributed by atoms with Crippen molar-refractivity contribution in [1.82, 2.24) is 9.47 Å². The fourth-order valence-corrected chi connectivity index (χ4v) is 4.42. The number of morpholine rings is 1. The van der Waals surface area contributed by atoms with Crippen LogP contribution in [0.25, 0.3) is 11.3 Å². The molecule has 1 aliphatic rings. The molecule has 30 heavy (non-hydrogen) atoms. The predicted octanol–water partition coefficient (Wildman–Crippen LogP) is 3.80. The Hall–Kier alpha value is -2.61. The van der Waals surface area contributed by atoms with Crippen LogP contribution in [-0.4, -0.2) is 56.5 Å². The highest BCUT2D eigenvalue weighted by atomic mass is 32.1. The quantitative estimate of drug-likeness (QED) is 0.578. The van der Waals surface area contributed by atoms with Crippen molar-refractivity contribution in [2.75, 3.05) is 47.1 Å². The Morgan fingerprint density at radius 1 is 0.900 bits per heavy atom. The maximum absolute atomic E-state index is 5.49. The highest BCUT2D eigenvalue weighted by molar-refractivity contribution is 7.07. The Morgan fingerprint density at radius 3 is 2.17 bits per heavy atom. The maximum Gasteiger partial charge on any atom is 0.190 e. The third-order valence-electron chi connectivity index (χ3n) is 5.22. The van der Waals surface area contributed by atoms with Gasteiger partial charge in [0.15, 0.2) is 4.80 Å². The van der Waals surface area contributed by atoms with Crippen LogP contribution in [0.3, 0.4) is 0 Å². The molecular weight excluding hydrogens is 398 g/mol. The zero-order chi connectivity index (χ0) is 20.8. The molecule has 0 saturated carbocycles. The number of methoxy groups -OCH3 is 2. The molecular formula is C23H27N3O3S. The number of aromatic nitrogens is 1. The first-order valence-electron chi connectivity index (χ1n) is 10.1. The summed E-state index contributed by atoms with van der Waals surface area (Å²) < 4.78 is 18.4. The molecule has 1 saturated heterocycles. The maximum atomic E-state index is 5.49. The molecule has 0 bridgehead atoms. The van der Waals surface area contributed by atoms with Gasteiger partial charge in [-0.1, -0.05) is 0 Å². The van der Waals surface area contributed by atoms with Crippen LogP contribution >= 0.6 is 11.3 Å². The van der Waals surface area contributed by atoms with Gasteiger partial charge in [0, 0.05) is 31.6 Å². The minimum Gasteiger partial charge on any atom is -0.497 e. The summed E-state index contributed by atoms with van der Waals surface area (Å²) in [6.07, 6.45) is 0. The van der Waals surface area contributed by atoms with Gasteiger partial charge < -0.3 is 18.8 Å². The number of benzene rings is 2. The molecule has 1 aliphatic heterocycles. The highest BCUT2D eigenvalue weighted by Crippen LogP contribution is 2.24. The van der Waals surface area contributed by atoms with Gasteiger partial charge in [0.2, 0.25) is 0 Å². The lowest BCUT2D eigenvalue weighted by atomic mass is 10.1. The van der Waals surface area contributed by atoms with Crippen molar-refractivity contribution in [3.05, 3.63) is 58.7 Å². The standard InChI is InChI=1S/C23H27N3O3S/c1-27-20-7-3-18(4-8-20)22-17-30-23(24-19-5-9-21(28-2)10-6-19)26(22)12-11-25-13-15-29-16-14-25/h3-10,17H,11-16H2,1-2H3. The van der Waals surface area contributed by atoms with Crippen LogP contribution in [0.5, 0.6) is 11.5 Å². The van der Waals surface area contributed by atoms with Crippen LogP contribution in [0, 0.1) is 0 Å². The Bertz CT molecular complexity index is 1000. The van der Waals surface area contributed by atoms with Crippen LogP contribution < -0.4 is 14.3 Å². The number of thiazole rings is 1. The molecule has 0 spiro atoms. The fourth-order valence-electron chi connectivity index (χ4n) is 3.46. The molecule has 0 radical (unpaired) electrons. The van der Waals surface area contributed by atoms with Crippen LogP contribution in [0.2, 0.25) is 0 Å². The molecule has 0 atom stereocenters. The van der Waals surface area contributed by atoms with E-state index in [1.807, 2.05) is 36.4 Å². The lowest BCUT2D eigenvalue weighted by molar-refractivity contribution is 0.0363. The van der Waals surface area contributed by atoms with Crippen LogP contribution in [-0.2, 0) is 11.3 Å². The van der Waals surface area contributed by atoms with Crippen molar-refractivity contribution >= 4 is 17.0 Å². The number of nitrogens with zero attached hydrogens (tertiary/aromatic N) is 3. The largest absolute Gasteiger partial charge is 0.497 e. The van der Waals surface area contributed by atoms with Crippen LogP contribution in [0.15, 0.2) is 58.9 Å². The molecule has 1 fully saturated rings. The minimum absolute atomic E-state index is 0.808. The van der Waals surface area contributed by atoms with E-state index in [4.69, 9.17) is 19.2 Å². The van der Waals surface area contributed by atoms with E-state index in [9.17, 15) is 0 Å². The van der Waals surface area contributed by atoms with E-state index >= 15 is 0 Å². The lowest BCUT2D eigenvalue weighted by Gasteiger charge is -2.26. The van der Waals surface area contributed by atoms with E-state index in [2.05, 4.69) is 27.0 Å². The first kappa shape index (κ1) is 20.7. The van der Waals surface area contributed by atoms with Crippen LogP contribution in [0.4, 0.5) is 5.69 Å². The summed E-state index contributed by atoms with van der Waals surface area (Å²) in [6, 6.07) is 16.0. The topological polar surface area (TPSA) is 48.2 Å². The molecule has 6 nitrogen and oxygen atoms in total. The minimum atomic E-state index is 0.808. The molecule has 0 aliphatic carbocycles. The normalized spacial score (nSPS) is 15.3. The van der Waals surface area contributed by atoms with Gasteiger partial charge >= 0.3 is 0 Å². The molecule has 2 aromatic carbocycles. The van der Waals surface area contributed by atoms with Crippen molar-refractivity contribution in [3.63, 3.8) is 0 Å². The number of rotatable bonds is 7. The van der Waals surface area contributed by atoms with Gasteiger partial charge in [0.05, 0.1) is 38.8 Å². The predicted molar refractivity (Wildman–Crippen MR) is 120 cm³/mol. The fraction of sp³-hybridized carbons (Fsp3) is 0.348. The van der Waals surface area contributed by atoms with E-state index in [-0.39, 0.29) is 0 Å². The number of ether oxygens (including phenoxy) is 3. The van der Waals surface area contributed by atoms with Crippen LogP contribution in [0.1, 0.15) is 0 Å². The number of hydrogen-bond donors (Lipinski definition) is 0. The van der Waals surface area contributed by atoms with Gasteiger partial charge in [-0.15, -0.1) is 11.3 Å². The van der Waals surface area contributed by atoms with Crippen molar-refractivity contribution in [2.24, 2.45) is 4.99 Å². The molecule has 158 valence electrons. The molecule has 4 rings (SSSR count). The van der Waals surface area contributed by atoms with E-state index < -0.39 is 0 Å². The summed E-state index contributed by atoms with van der Waals surface area (Å²) in [5.41, 5.74) is 3.24.